The van der Waals surface area contributed by atoms with Crippen molar-refractivity contribution in [1.82, 2.24) is 10.9 Å². The lowest BCUT2D eigenvalue weighted by atomic mass is 10.1. The largest absolute Gasteiger partial charge is 0.488 e. The molecular weight excluding hydrogens is 392 g/mol. The minimum atomic E-state index is -0.787. The Kier molecular flexibility index (Phi) is 7.27. The second-order valence-corrected chi connectivity index (χ2v) is 7.19. The molecule has 3 aromatic carbocycles. The molecule has 160 valence electrons. The van der Waals surface area contributed by atoms with Gasteiger partial charge >= 0.3 is 0 Å². The SMILES string of the molecule is Cc1cccc(C)c1O[C@H](C)C(=O)NNC(=O)c1ccccc1OCc1ccccc1. The van der Waals surface area contributed by atoms with Gasteiger partial charge in [-0.05, 0) is 49.6 Å². The van der Waals surface area contributed by atoms with E-state index < -0.39 is 17.9 Å². The lowest BCUT2D eigenvalue weighted by Gasteiger charge is -2.18. The van der Waals surface area contributed by atoms with Gasteiger partial charge in [-0.15, -0.1) is 0 Å². The number of aryl methyl sites for hydroxylation is 2. The molecule has 31 heavy (non-hydrogen) atoms. The number of carbonyl (C=O) groups is 2. The molecule has 0 heterocycles. The second kappa shape index (κ2) is 10.3. The van der Waals surface area contributed by atoms with Crippen molar-refractivity contribution < 1.29 is 19.1 Å². The zero-order chi connectivity index (χ0) is 22.2. The average molecular weight is 418 g/mol. The van der Waals surface area contributed by atoms with Crippen molar-refractivity contribution in [2.45, 2.75) is 33.5 Å². The summed E-state index contributed by atoms with van der Waals surface area (Å²) < 4.78 is 11.6. The quantitative estimate of drug-likeness (QED) is 0.566. The first-order chi connectivity index (χ1) is 15.0. The predicted molar refractivity (Wildman–Crippen MR) is 119 cm³/mol. The number of hydrogen-bond donors (Lipinski definition) is 2. The summed E-state index contributed by atoms with van der Waals surface area (Å²) in [6.07, 6.45) is -0.787. The summed E-state index contributed by atoms with van der Waals surface area (Å²) in [6, 6.07) is 22.3. The maximum absolute atomic E-state index is 12.6. The van der Waals surface area contributed by atoms with Crippen LogP contribution in [0.4, 0.5) is 0 Å². The van der Waals surface area contributed by atoms with E-state index in [1.54, 1.807) is 31.2 Å². The van der Waals surface area contributed by atoms with Gasteiger partial charge < -0.3 is 9.47 Å². The van der Waals surface area contributed by atoms with Crippen LogP contribution in [-0.2, 0) is 11.4 Å². The fraction of sp³-hybridized carbons (Fsp3) is 0.200. The van der Waals surface area contributed by atoms with E-state index in [-0.39, 0.29) is 0 Å². The first kappa shape index (κ1) is 21.9. The highest BCUT2D eigenvalue weighted by Crippen LogP contribution is 2.23. The van der Waals surface area contributed by atoms with Crippen LogP contribution >= 0.6 is 0 Å². The van der Waals surface area contributed by atoms with Crippen LogP contribution in [0.25, 0.3) is 0 Å². The summed E-state index contributed by atoms with van der Waals surface area (Å²) in [5.41, 5.74) is 8.04. The highest BCUT2D eigenvalue weighted by atomic mass is 16.5. The molecule has 0 fully saturated rings. The number of nitrogens with one attached hydrogen (secondary N) is 2. The van der Waals surface area contributed by atoms with E-state index in [4.69, 9.17) is 9.47 Å². The molecular formula is C25H26N2O4. The molecule has 0 aliphatic rings. The monoisotopic (exact) mass is 418 g/mol. The molecule has 6 nitrogen and oxygen atoms in total. The van der Waals surface area contributed by atoms with Crippen LogP contribution in [0.5, 0.6) is 11.5 Å². The fourth-order valence-electron chi connectivity index (χ4n) is 3.02. The van der Waals surface area contributed by atoms with Crippen LogP contribution in [0.2, 0.25) is 0 Å². The lowest BCUT2D eigenvalue weighted by molar-refractivity contribution is -0.128. The molecule has 1 atom stereocenters. The maximum atomic E-state index is 12.6. The smallest absolute Gasteiger partial charge is 0.279 e. The van der Waals surface area contributed by atoms with Gasteiger partial charge in [0.1, 0.15) is 18.1 Å². The van der Waals surface area contributed by atoms with Crippen LogP contribution < -0.4 is 20.3 Å². The predicted octanol–water partition coefficient (Wildman–Crippen LogP) is 4.11. The molecule has 0 spiro atoms. The van der Waals surface area contributed by atoms with Crippen molar-refractivity contribution in [2.75, 3.05) is 0 Å². The Balaban J connectivity index is 1.58. The third-order valence-corrected chi connectivity index (χ3v) is 4.74. The van der Waals surface area contributed by atoms with Gasteiger partial charge in [0.25, 0.3) is 11.8 Å². The Morgan fingerprint density at radius 1 is 0.839 bits per heavy atom. The van der Waals surface area contributed by atoms with E-state index in [2.05, 4.69) is 10.9 Å². The first-order valence-corrected chi connectivity index (χ1v) is 10.0. The van der Waals surface area contributed by atoms with E-state index in [9.17, 15) is 9.59 Å². The second-order valence-electron chi connectivity index (χ2n) is 7.19. The summed E-state index contributed by atoms with van der Waals surface area (Å²) in [4.78, 5) is 25.0. The van der Waals surface area contributed by atoms with Crippen LogP contribution in [0, 0.1) is 13.8 Å². The molecule has 0 unspecified atom stereocenters. The minimum absolute atomic E-state index is 0.321. The number of carbonyl (C=O) groups excluding carboxylic acids is 2. The van der Waals surface area contributed by atoms with Gasteiger partial charge in [0.05, 0.1) is 5.56 Å². The molecule has 3 aromatic rings. The summed E-state index contributed by atoms with van der Waals surface area (Å²) in [5.74, 6) is 0.157. The number of hydrazine groups is 1. The van der Waals surface area contributed by atoms with Gasteiger partial charge in [-0.3, -0.25) is 20.4 Å². The average Bonchev–Trinajstić information content (AvgIpc) is 2.79. The highest BCUT2D eigenvalue weighted by molar-refractivity contribution is 5.98. The molecule has 0 saturated heterocycles. The molecule has 6 heteroatoms. The molecule has 3 rings (SSSR count). The van der Waals surface area contributed by atoms with Crippen LogP contribution in [-0.4, -0.2) is 17.9 Å². The minimum Gasteiger partial charge on any atom is -0.488 e. The van der Waals surface area contributed by atoms with Gasteiger partial charge in [0.2, 0.25) is 0 Å². The van der Waals surface area contributed by atoms with Gasteiger partial charge in [0, 0.05) is 0 Å². The Morgan fingerprint density at radius 3 is 2.19 bits per heavy atom. The molecule has 0 aliphatic heterocycles. The zero-order valence-corrected chi connectivity index (χ0v) is 17.8. The van der Waals surface area contributed by atoms with Crippen molar-refractivity contribution in [1.29, 1.82) is 0 Å². The van der Waals surface area contributed by atoms with E-state index in [1.165, 1.54) is 0 Å². The third kappa shape index (κ3) is 5.85. The Labute approximate surface area is 182 Å². The Hall–Kier alpha value is -3.80. The molecule has 0 aliphatic carbocycles. The van der Waals surface area contributed by atoms with Crippen molar-refractivity contribution in [3.8, 4) is 11.5 Å². The van der Waals surface area contributed by atoms with Crippen molar-refractivity contribution >= 4 is 11.8 Å². The third-order valence-electron chi connectivity index (χ3n) is 4.74. The summed E-state index contributed by atoms with van der Waals surface area (Å²) in [7, 11) is 0. The topological polar surface area (TPSA) is 76.7 Å². The summed E-state index contributed by atoms with van der Waals surface area (Å²) >= 11 is 0. The van der Waals surface area contributed by atoms with Gasteiger partial charge in [-0.1, -0.05) is 60.7 Å². The standard InChI is InChI=1S/C25H26N2O4/c1-17-10-9-11-18(2)23(17)31-19(3)24(28)26-27-25(29)21-14-7-8-15-22(21)30-16-20-12-5-4-6-13-20/h4-15,19H,16H2,1-3H3,(H,26,28)(H,27,29)/t19-/m1/s1. The van der Waals surface area contributed by atoms with Gasteiger partial charge in [-0.2, -0.15) is 0 Å². The number of hydrogen-bond acceptors (Lipinski definition) is 4. The maximum Gasteiger partial charge on any atom is 0.279 e. The first-order valence-electron chi connectivity index (χ1n) is 10.0. The van der Waals surface area contributed by atoms with Gasteiger partial charge in [0.15, 0.2) is 6.10 Å². The zero-order valence-electron chi connectivity index (χ0n) is 17.8. The summed E-state index contributed by atoms with van der Waals surface area (Å²) in [5, 5.41) is 0. The Morgan fingerprint density at radius 2 is 1.48 bits per heavy atom. The number of amides is 2. The van der Waals surface area contributed by atoms with Gasteiger partial charge in [-0.25, -0.2) is 0 Å². The highest BCUT2D eigenvalue weighted by Gasteiger charge is 2.19. The molecule has 0 saturated carbocycles. The number of ether oxygens (including phenoxy) is 2. The van der Waals surface area contributed by atoms with E-state index >= 15 is 0 Å². The molecule has 0 radical (unpaired) electrons. The van der Waals surface area contributed by atoms with Crippen molar-refractivity contribution in [3.63, 3.8) is 0 Å². The normalized spacial score (nSPS) is 11.3. The number of rotatable bonds is 7. The van der Waals surface area contributed by atoms with E-state index in [1.807, 2.05) is 62.4 Å². The Bertz CT molecular complexity index is 1030. The molecule has 0 aromatic heterocycles. The van der Waals surface area contributed by atoms with E-state index in [0.717, 1.165) is 16.7 Å². The summed E-state index contributed by atoms with van der Waals surface area (Å²) in [6.45, 7) is 5.80. The molecule has 2 amide bonds. The van der Waals surface area contributed by atoms with Crippen LogP contribution in [0.15, 0.2) is 72.8 Å². The van der Waals surface area contributed by atoms with E-state index in [0.29, 0.717) is 23.7 Å². The number of benzene rings is 3. The van der Waals surface area contributed by atoms with Crippen molar-refractivity contribution in [2.24, 2.45) is 0 Å². The molecule has 0 bridgehead atoms. The molecule has 2 N–H and O–H groups in total. The fourth-order valence-corrected chi connectivity index (χ4v) is 3.02. The number of para-hydroxylation sites is 2. The van der Waals surface area contributed by atoms with Crippen molar-refractivity contribution in [3.05, 3.63) is 95.1 Å². The van der Waals surface area contributed by atoms with Crippen LogP contribution in [0.1, 0.15) is 34.0 Å². The van der Waals surface area contributed by atoms with Crippen LogP contribution in [0.3, 0.4) is 0 Å². The lowest BCUT2D eigenvalue weighted by Crippen LogP contribution is -2.47.